The molecule has 0 spiro atoms. The summed E-state index contributed by atoms with van der Waals surface area (Å²) in [6, 6.07) is 0. The molecule has 132 valence electrons. The maximum Gasteiger partial charge on any atom is 0.332 e. The fourth-order valence-corrected chi connectivity index (χ4v) is 2.99. The lowest BCUT2D eigenvalue weighted by molar-refractivity contribution is 0.518. The van der Waals surface area contributed by atoms with Crippen LogP contribution < -0.4 is 16.6 Å². The van der Waals surface area contributed by atoms with Crippen molar-refractivity contribution in [2.45, 2.75) is 57.9 Å². The number of anilines is 1. The smallest absolute Gasteiger partial charge is 0.332 e. The normalized spacial score (nSPS) is 12.7. The Balaban J connectivity index is 1.85. The fourth-order valence-electron chi connectivity index (χ4n) is 2.99. The van der Waals surface area contributed by atoms with E-state index >= 15 is 0 Å². The van der Waals surface area contributed by atoms with Crippen LogP contribution in [0.25, 0.3) is 0 Å². The summed E-state index contributed by atoms with van der Waals surface area (Å²) in [4.78, 5) is 29.0. The number of rotatable bonds is 10. The molecule has 1 aromatic rings. The highest BCUT2D eigenvalue weighted by atomic mass is 16.2. The Bertz CT molecular complexity index is 700. The van der Waals surface area contributed by atoms with Crippen LogP contribution in [0.2, 0.25) is 0 Å². The van der Waals surface area contributed by atoms with E-state index in [1.807, 2.05) is 6.08 Å². The molecular weight excluding hydrogens is 304 g/mol. The maximum absolute atomic E-state index is 12.4. The molecule has 1 aromatic heterocycles. The molecule has 2 heterocycles. The van der Waals surface area contributed by atoms with Gasteiger partial charge in [0, 0.05) is 19.8 Å². The molecule has 0 atom stereocenters. The SMILES string of the molecule is C=CCCCCCCCCCn1c(=O)c2c(n(C)c1=O)NCC=N2. The fraction of sp³-hybridized carbons (Fsp3) is 0.611. The first kappa shape index (κ1) is 18.2. The van der Waals surface area contributed by atoms with Gasteiger partial charge in [0.2, 0.25) is 0 Å². The summed E-state index contributed by atoms with van der Waals surface area (Å²) >= 11 is 0. The Morgan fingerprint density at radius 2 is 1.83 bits per heavy atom. The van der Waals surface area contributed by atoms with Crippen molar-refractivity contribution >= 4 is 17.7 Å². The summed E-state index contributed by atoms with van der Waals surface area (Å²) in [6.07, 6.45) is 12.7. The third kappa shape index (κ3) is 4.46. The van der Waals surface area contributed by atoms with Gasteiger partial charge in [-0.05, 0) is 19.3 Å². The minimum atomic E-state index is -0.291. The topological polar surface area (TPSA) is 68.4 Å². The molecule has 0 unspecified atom stereocenters. The number of unbranched alkanes of at least 4 members (excludes halogenated alkanes) is 7. The average molecular weight is 332 g/mol. The lowest BCUT2D eigenvalue weighted by Gasteiger charge is -2.17. The number of nitrogens with one attached hydrogen (secondary N) is 1. The third-order valence-electron chi connectivity index (χ3n) is 4.40. The van der Waals surface area contributed by atoms with Gasteiger partial charge in [-0.2, -0.15) is 0 Å². The molecule has 1 aliphatic rings. The van der Waals surface area contributed by atoms with Crippen molar-refractivity contribution in [2.75, 3.05) is 11.9 Å². The molecule has 0 saturated heterocycles. The van der Waals surface area contributed by atoms with E-state index in [9.17, 15) is 9.59 Å². The predicted molar refractivity (Wildman–Crippen MR) is 99.7 cm³/mol. The highest BCUT2D eigenvalue weighted by Gasteiger charge is 2.17. The number of hydrogen-bond donors (Lipinski definition) is 1. The van der Waals surface area contributed by atoms with Crippen LogP contribution in [0.1, 0.15) is 51.4 Å². The summed E-state index contributed by atoms with van der Waals surface area (Å²) in [6.45, 7) is 4.73. The zero-order valence-corrected chi connectivity index (χ0v) is 14.6. The van der Waals surface area contributed by atoms with Crippen LogP contribution in [0.4, 0.5) is 11.5 Å². The Morgan fingerprint density at radius 1 is 1.17 bits per heavy atom. The van der Waals surface area contributed by atoms with Crippen LogP contribution in [-0.4, -0.2) is 21.9 Å². The second kappa shape index (κ2) is 9.25. The van der Waals surface area contributed by atoms with Gasteiger partial charge >= 0.3 is 5.69 Å². The van der Waals surface area contributed by atoms with E-state index in [0.717, 1.165) is 25.7 Å². The standard InChI is InChI=1S/C18H28N4O2/c1-3-4-5-6-7-8-9-10-11-14-22-17(23)15-16(20-13-12-19-15)21(2)18(22)24/h3,12,20H,1,4-11,13-14H2,2H3. The Hall–Kier alpha value is -2.11. The van der Waals surface area contributed by atoms with Crippen LogP contribution >= 0.6 is 0 Å². The second-order valence-electron chi connectivity index (χ2n) is 6.24. The zero-order chi connectivity index (χ0) is 17.4. The molecular formula is C18H28N4O2. The monoisotopic (exact) mass is 332 g/mol. The molecule has 0 saturated carbocycles. The highest BCUT2D eigenvalue weighted by molar-refractivity contribution is 5.77. The first-order valence-electron chi connectivity index (χ1n) is 8.88. The van der Waals surface area contributed by atoms with Crippen molar-refractivity contribution in [3.8, 4) is 0 Å². The molecule has 1 N–H and O–H groups in total. The van der Waals surface area contributed by atoms with E-state index in [-0.39, 0.29) is 11.2 Å². The zero-order valence-electron chi connectivity index (χ0n) is 14.6. The van der Waals surface area contributed by atoms with Crippen LogP contribution in [-0.2, 0) is 13.6 Å². The van der Waals surface area contributed by atoms with Crippen LogP contribution in [0.3, 0.4) is 0 Å². The van der Waals surface area contributed by atoms with Gasteiger partial charge in [-0.3, -0.25) is 13.9 Å². The first-order chi connectivity index (χ1) is 11.7. The van der Waals surface area contributed by atoms with E-state index in [0.29, 0.717) is 24.6 Å². The lowest BCUT2D eigenvalue weighted by Crippen LogP contribution is -2.40. The number of allylic oxidation sites excluding steroid dienone is 1. The summed E-state index contributed by atoms with van der Waals surface area (Å²) in [5.41, 5.74) is -0.223. The van der Waals surface area contributed by atoms with Gasteiger partial charge < -0.3 is 5.32 Å². The van der Waals surface area contributed by atoms with Gasteiger partial charge in [-0.25, -0.2) is 9.79 Å². The highest BCUT2D eigenvalue weighted by Crippen LogP contribution is 2.19. The molecule has 0 aromatic carbocycles. The van der Waals surface area contributed by atoms with E-state index < -0.39 is 0 Å². The minimum absolute atomic E-state index is 0.271. The predicted octanol–water partition coefficient (Wildman–Crippen LogP) is 2.98. The Kier molecular flexibility index (Phi) is 7.03. The van der Waals surface area contributed by atoms with Crippen LogP contribution in [0, 0.1) is 0 Å². The minimum Gasteiger partial charge on any atom is -0.364 e. The quantitative estimate of drug-likeness (QED) is 0.529. The number of aliphatic imine (C=N–C) groups is 1. The van der Waals surface area contributed by atoms with E-state index in [4.69, 9.17) is 0 Å². The van der Waals surface area contributed by atoms with Crippen LogP contribution in [0.15, 0.2) is 27.2 Å². The van der Waals surface area contributed by atoms with Crippen molar-refractivity contribution in [1.82, 2.24) is 9.13 Å². The van der Waals surface area contributed by atoms with Crippen molar-refractivity contribution in [2.24, 2.45) is 12.0 Å². The Morgan fingerprint density at radius 3 is 2.54 bits per heavy atom. The van der Waals surface area contributed by atoms with E-state index in [2.05, 4.69) is 16.9 Å². The van der Waals surface area contributed by atoms with E-state index in [1.165, 1.54) is 34.8 Å². The molecule has 0 radical (unpaired) electrons. The summed E-state index contributed by atoms with van der Waals surface area (Å²) in [5, 5.41) is 3.04. The molecule has 0 aliphatic carbocycles. The van der Waals surface area contributed by atoms with Gasteiger partial charge in [0.1, 0.15) is 5.82 Å². The van der Waals surface area contributed by atoms with Crippen molar-refractivity contribution < 1.29 is 0 Å². The molecule has 0 fully saturated rings. The molecule has 24 heavy (non-hydrogen) atoms. The second-order valence-corrected chi connectivity index (χ2v) is 6.24. The Labute approximate surface area is 142 Å². The summed E-state index contributed by atoms with van der Waals surface area (Å²) < 4.78 is 2.79. The van der Waals surface area contributed by atoms with Gasteiger partial charge in [0.25, 0.3) is 5.56 Å². The molecule has 6 heteroatoms. The van der Waals surface area contributed by atoms with Crippen molar-refractivity contribution in [3.05, 3.63) is 33.5 Å². The first-order valence-corrected chi connectivity index (χ1v) is 8.88. The van der Waals surface area contributed by atoms with Crippen molar-refractivity contribution in [3.63, 3.8) is 0 Å². The molecule has 6 nitrogen and oxygen atoms in total. The average Bonchev–Trinajstić information content (AvgIpc) is 2.61. The maximum atomic E-state index is 12.4. The molecule has 0 bridgehead atoms. The lowest BCUT2D eigenvalue weighted by atomic mass is 10.1. The number of hydrogen-bond acceptors (Lipinski definition) is 4. The van der Waals surface area contributed by atoms with Gasteiger partial charge in [-0.1, -0.05) is 38.2 Å². The van der Waals surface area contributed by atoms with E-state index in [1.54, 1.807) is 13.3 Å². The largest absolute Gasteiger partial charge is 0.364 e. The molecule has 2 rings (SSSR count). The van der Waals surface area contributed by atoms with Gasteiger partial charge in [-0.15, -0.1) is 6.58 Å². The number of aromatic nitrogens is 2. The summed E-state index contributed by atoms with van der Waals surface area (Å²) in [7, 11) is 1.67. The van der Waals surface area contributed by atoms with Crippen LogP contribution in [0.5, 0.6) is 0 Å². The number of fused-ring (bicyclic) bond motifs is 1. The van der Waals surface area contributed by atoms with Gasteiger partial charge in [0.05, 0.1) is 6.54 Å². The molecule has 0 amide bonds. The number of nitrogens with zero attached hydrogens (tertiary/aromatic N) is 3. The molecule has 1 aliphatic heterocycles. The van der Waals surface area contributed by atoms with Crippen molar-refractivity contribution in [1.29, 1.82) is 0 Å². The third-order valence-corrected chi connectivity index (χ3v) is 4.40. The summed E-state index contributed by atoms with van der Waals surface area (Å²) in [5.74, 6) is 0.517. The van der Waals surface area contributed by atoms with Gasteiger partial charge in [0.15, 0.2) is 5.69 Å².